The van der Waals surface area contributed by atoms with Crippen LogP contribution in [0, 0.1) is 12.8 Å². The lowest BCUT2D eigenvalue weighted by Gasteiger charge is -2.09. The van der Waals surface area contributed by atoms with Crippen LogP contribution in [0.5, 0.6) is 0 Å². The van der Waals surface area contributed by atoms with Crippen molar-refractivity contribution in [1.82, 2.24) is 4.57 Å². The molecule has 0 saturated heterocycles. The molecule has 5 nitrogen and oxygen atoms in total. The first-order valence-electron chi connectivity index (χ1n) is 7.02. The van der Waals surface area contributed by atoms with Crippen LogP contribution in [-0.2, 0) is 32.8 Å². The van der Waals surface area contributed by atoms with Crippen molar-refractivity contribution >= 4 is 26.7 Å². The number of benzene rings is 1. The Kier molecular flexibility index (Phi) is 4.33. The zero-order chi connectivity index (χ0) is 16.7. The van der Waals surface area contributed by atoms with Gasteiger partial charge in [0.05, 0.1) is 17.9 Å². The van der Waals surface area contributed by atoms with E-state index in [1.165, 1.54) is 13.4 Å². The van der Waals surface area contributed by atoms with Crippen molar-refractivity contribution in [3.05, 3.63) is 29.5 Å². The lowest BCUT2D eigenvalue weighted by Crippen LogP contribution is -2.15. The molecule has 120 valence electrons. The molecule has 1 aromatic carbocycles. The van der Waals surface area contributed by atoms with E-state index in [1.54, 1.807) is 12.1 Å². The maximum absolute atomic E-state index is 11.8. The zero-order valence-corrected chi connectivity index (χ0v) is 14.3. The summed E-state index contributed by atoms with van der Waals surface area (Å²) in [5, 5.41) is 0.874. The van der Waals surface area contributed by atoms with Gasteiger partial charge in [-0.3, -0.25) is 4.79 Å². The molecule has 0 N–H and O–H groups in total. The molecule has 1 unspecified atom stereocenters. The molecule has 0 radical (unpaired) electrons. The molecule has 1 atom stereocenters. The number of sulfone groups is 1. The summed E-state index contributed by atoms with van der Waals surface area (Å²) in [5.74, 6) is -0.549. The molecule has 0 fully saturated rings. The van der Waals surface area contributed by atoms with Crippen LogP contribution in [0.4, 0.5) is 0 Å². The van der Waals surface area contributed by atoms with Crippen molar-refractivity contribution in [2.75, 3.05) is 13.4 Å². The maximum Gasteiger partial charge on any atom is 0.308 e. The van der Waals surface area contributed by atoms with E-state index >= 15 is 0 Å². The summed E-state index contributed by atoms with van der Waals surface area (Å²) >= 11 is 0. The fourth-order valence-corrected chi connectivity index (χ4v) is 3.35. The van der Waals surface area contributed by atoms with E-state index in [4.69, 9.17) is 4.74 Å². The number of methoxy groups -OCH3 is 1. The van der Waals surface area contributed by atoms with Crippen molar-refractivity contribution in [1.29, 1.82) is 0 Å². The highest BCUT2D eigenvalue weighted by atomic mass is 32.2. The first kappa shape index (κ1) is 16.5. The smallest absolute Gasteiger partial charge is 0.308 e. The minimum absolute atomic E-state index is 0.268. The lowest BCUT2D eigenvalue weighted by molar-refractivity contribution is -0.144. The second kappa shape index (κ2) is 5.76. The van der Waals surface area contributed by atoms with E-state index < -0.39 is 9.84 Å². The molecule has 0 saturated carbocycles. The monoisotopic (exact) mass is 323 g/mol. The molecule has 0 aliphatic carbocycles. The summed E-state index contributed by atoms with van der Waals surface area (Å²) in [6.07, 6.45) is 1.71. The van der Waals surface area contributed by atoms with E-state index in [1.807, 2.05) is 31.5 Å². The van der Waals surface area contributed by atoms with Gasteiger partial charge in [-0.1, -0.05) is 6.92 Å². The van der Waals surface area contributed by atoms with Crippen LogP contribution in [-0.4, -0.2) is 32.3 Å². The SMILES string of the molecule is COC(=O)C(C)Cc1c(C)n(C)c2ccc(S(C)(=O)=O)cc12. The molecule has 1 aromatic heterocycles. The highest BCUT2D eigenvalue weighted by Crippen LogP contribution is 2.29. The second-order valence-electron chi connectivity index (χ2n) is 5.70. The Hall–Kier alpha value is -1.82. The molecule has 0 spiro atoms. The minimum atomic E-state index is -3.26. The van der Waals surface area contributed by atoms with E-state index in [9.17, 15) is 13.2 Å². The molecule has 2 rings (SSSR count). The van der Waals surface area contributed by atoms with Gasteiger partial charge in [0.2, 0.25) is 0 Å². The van der Waals surface area contributed by atoms with Gasteiger partial charge in [-0.2, -0.15) is 0 Å². The van der Waals surface area contributed by atoms with Gasteiger partial charge in [-0.25, -0.2) is 8.42 Å². The Morgan fingerprint density at radius 3 is 2.55 bits per heavy atom. The first-order valence-corrected chi connectivity index (χ1v) is 8.91. The summed E-state index contributed by atoms with van der Waals surface area (Å²) in [7, 11) is 0.0412. The van der Waals surface area contributed by atoms with E-state index in [2.05, 4.69) is 0 Å². The number of carbonyl (C=O) groups is 1. The highest BCUT2D eigenvalue weighted by molar-refractivity contribution is 7.90. The Bertz CT molecular complexity index is 833. The van der Waals surface area contributed by atoms with Gasteiger partial charge in [-0.05, 0) is 37.1 Å². The van der Waals surface area contributed by atoms with Crippen LogP contribution in [0.3, 0.4) is 0 Å². The molecule has 6 heteroatoms. The Morgan fingerprint density at radius 2 is 2.00 bits per heavy atom. The molecule has 2 aromatic rings. The topological polar surface area (TPSA) is 65.4 Å². The van der Waals surface area contributed by atoms with Crippen molar-refractivity contribution in [3.63, 3.8) is 0 Å². The van der Waals surface area contributed by atoms with Crippen LogP contribution in [0.2, 0.25) is 0 Å². The molecular weight excluding hydrogens is 302 g/mol. The Balaban J connectivity index is 2.62. The third-order valence-electron chi connectivity index (χ3n) is 4.14. The molecular formula is C16H21NO4S. The van der Waals surface area contributed by atoms with Gasteiger partial charge in [0, 0.05) is 29.9 Å². The summed E-state index contributed by atoms with van der Waals surface area (Å²) in [6, 6.07) is 5.12. The second-order valence-corrected chi connectivity index (χ2v) is 7.72. The van der Waals surface area contributed by atoms with Gasteiger partial charge >= 0.3 is 5.97 Å². The quantitative estimate of drug-likeness (QED) is 0.810. The molecule has 0 aliphatic rings. The van der Waals surface area contributed by atoms with Crippen LogP contribution < -0.4 is 0 Å². The minimum Gasteiger partial charge on any atom is -0.469 e. The molecule has 0 bridgehead atoms. The number of carbonyl (C=O) groups excluding carboxylic acids is 1. The third kappa shape index (κ3) is 2.88. The lowest BCUT2D eigenvalue weighted by atomic mass is 9.99. The van der Waals surface area contributed by atoms with Gasteiger partial charge in [-0.15, -0.1) is 0 Å². The van der Waals surface area contributed by atoms with Crippen molar-refractivity contribution < 1.29 is 17.9 Å². The van der Waals surface area contributed by atoms with Crippen LogP contribution in [0.1, 0.15) is 18.2 Å². The number of rotatable bonds is 4. The predicted octanol–water partition coefficient (Wildman–Crippen LogP) is 2.24. The summed E-state index contributed by atoms with van der Waals surface area (Å²) in [4.78, 5) is 12.0. The number of hydrogen-bond acceptors (Lipinski definition) is 4. The molecule has 0 aliphatic heterocycles. The predicted molar refractivity (Wildman–Crippen MR) is 85.6 cm³/mol. The summed E-state index contributed by atoms with van der Waals surface area (Å²) in [6.45, 7) is 3.78. The average molecular weight is 323 g/mol. The Morgan fingerprint density at radius 1 is 1.36 bits per heavy atom. The number of hydrogen-bond donors (Lipinski definition) is 0. The molecule has 1 heterocycles. The standard InChI is InChI=1S/C16H21NO4S/c1-10(16(18)21-4)8-13-11(2)17(3)15-7-6-12(9-14(13)15)22(5,19)20/h6-7,9-10H,8H2,1-5H3. The van der Waals surface area contributed by atoms with Crippen molar-refractivity contribution in [2.24, 2.45) is 13.0 Å². The normalized spacial score (nSPS) is 13.3. The van der Waals surface area contributed by atoms with E-state index in [0.717, 1.165) is 22.2 Å². The number of aryl methyl sites for hydroxylation is 1. The molecule has 0 amide bonds. The largest absolute Gasteiger partial charge is 0.469 e. The zero-order valence-electron chi connectivity index (χ0n) is 13.5. The van der Waals surface area contributed by atoms with Gasteiger partial charge in [0.1, 0.15) is 0 Å². The maximum atomic E-state index is 11.8. The van der Waals surface area contributed by atoms with Gasteiger partial charge in [0.25, 0.3) is 0 Å². The fraction of sp³-hybridized carbons (Fsp3) is 0.438. The number of nitrogens with zero attached hydrogens (tertiary/aromatic N) is 1. The van der Waals surface area contributed by atoms with Crippen molar-refractivity contribution in [2.45, 2.75) is 25.2 Å². The number of esters is 1. The van der Waals surface area contributed by atoms with E-state index in [0.29, 0.717) is 6.42 Å². The highest BCUT2D eigenvalue weighted by Gasteiger charge is 2.20. The number of aromatic nitrogens is 1. The van der Waals surface area contributed by atoms with Crippen molar-refractivity contribution in [3.8, 4) is 0 Å². The number of ether oxygens (including phenoxy) is 1. The molecule has 22 heavy (non-hydrogen) atoms. The summed E-state index contributed by atoms with van der Waals surface area (Å²) in [5.41, 5.74) is 2.97. The van der Waals surface area contributed by atoms with Crippen LogP contribution >= 0.6 is 0 Å². The first-order chi connectivity index (χ1) is 10.2. The number of fused-ring (bicyclic) bond motifs is 1. The van der Waals surface area contributed by atoms with Crippen LogP contribution in [0.15, 0.2) is 23.1 Å². The van der Waals surface area contributed by atoms with Crippen LogP contribution in [0.25, 0.3) is 10.9 Å². The average Bonchev–Trinajstić information content (AvgIpc) is 2.70. The summed E-state index contributed by atoms with van der Waals surface area (Å²) < 4.78 is 30.3. The fourth-order valence-electron chi connectivity index (χ4n) is 2.71. The Labute approximate surface area is 130 Å². The van der Waals surface area contributed by atoms with E-state index in [-0.39, 0.29) is 16.8 Å². The third-order valence-corrected chi connectivity index (χ3v) is 5.25. The van der Waals surface area contributed by atoms with Gasteiger partial charge < -0.3 is 9.30 Å². The van der Waals surface area contributed by atoms with Gasteiger partial charge in [0.15, 0.2) is 9.84 Å².